The van der Waals surface area contributed by atoms with Crippen molar-refractivity contribution >= 4 is 12.4 Å². The summed E-state index contributed by atoms with van der Waals surface area (Å²) in [5.41, 5.74) is 5.36. The van der Waals surface area contributed by atoms with Gasteiger partial charge in [0, 0.05) is 17.5 Å². The molecule has 84 valence electrons. The fourth-order valence-corrected chi connectivity index (χ4v) is 2.16. The molecule has 0 radical (unpaired) electrons. The largest absolute Gasteiger partial charge is 0.330 e. The second-order valence-corrected chi connectivity index (χ2v) is 3.93. The molecule has 15 heavy (non-hydrogen) atoms. The van der Waals surface area contributed by atoms with E-state index in [9.17, 15) is 8.78 Å². The standard InChI is InChI=1S/C11H13F2N.ClH/c12-8-3-1-4-9(13)10(8)11(7-14)5-2-6-11;/h1,3-4H,2,5-7,14H2;1H. The molecule has 0 saturated heterocycles. The Morgan fingerprint density at radius 3 is 2.07 bits per heavy atom. The zero-order chi connectivity index (χ0) is 10.2. The summed E-state index contributed by atoms with van der Waals surface area (Å²) in [6.45, 7) is 0.324. The first kappa shape index (κ1) is 12.4. The molecule has 0 aromatic heterocycles. The maximum absolute atomic E-state index is 13.5. The number of nitrogens with two attached hydrogens (primary N) is 1. The second kappa shape index (κ2) is 4.45. The highest BCUT2D eigenvalue weighted by Gasteiger charge is 2.41. The van der Waals surface area contributed by atoms with Gasteiger partial charge in [-0.1, -0.05) is 12.5 Å². The van der Waals surface area contributed by atoms with E-state index in [1.807, 2.05) is 0 Å². The highest BCUT2D eigenvalue weighted by Crippen LogP contribution is 2.44. The number of hydrogen-bond acceptors (Lipinski definition) is 1. The van der Waals surface area contributed by atoms with Gasteiger partial charge in [0.25, 0.3) is 0 Å². The summed E-state index contributed by atoms with van der Waals surface area (Å²) < 4.78 is 26.9. The minimum atomic E-state index is -0.463. The predicted molar refractivity (Wildman–Crippen MR) is 58.2 cm³/mol. The van der Waals surface area contributed by atoms with E-state index >= 15 is 0 Å². The Bertz CT molecular complexity index is 325. The van der Waals surface area contributed by atoms with Crippen molar-refractivity contribution in [3.8, 4) is 0 Å². The predicted octanol–water partition coefficient (Wildman–Crippen LogP) is 2.77. The van der Waals surface area contributed by atoms with E-state index in [2.05, 4.69) is 0 Å². The van der Waals surface area contributed by atoms with Crippen molar-refractivity contribution in [2.45, 2.75) is 24.7 Å². The number of benzene rings is 1. The van der Waals surface area contributed by atoms with Crippen LogP contribution in [0.25, 0.3) is 0 Å². The first-order chi connectivity index (χ1) is 6.69. The van der Waals surface area contributed by atoms with E-state index in [-0.39, 0.29) is 18.0 Å². The summed E-state index contributed by atoms with van der Waals surface area (Å²) in [7, 11) is 0. The Kier molecular flexibility index (Phi) is 3.68. The lowest BCUT2D eigenvalue weighted by Gasteiger charge is -2.41. The smallest absolute Gasteiger partial charge is 0.129 e. The van der Waals surface area contributed by atoms with Gasteiger partial charge >= 0.3 is 0 Å². The fraction of sp³-hybridized carbons (Fsp3) is 0.455. The van der Waals surface area contributed by atoms with Crippen LogP contribution in [0, 0.1) is 11.6 Å². The molecular weight excluding hydrogens is 220 g/mol. The van der Waals surface area contributed by atoms with Crippen LogP contribution in [0.1, 0.15) is 24.8 Å². The summed E-state index contributed by atoms with van der Waals surface area (Å²) in [6.07, 6.45) is 2.59. The second-order valence-electron chi connectivity index (χ2n) is 3.93. The minimum Gasteiger partial charge on any atom is -0.330 e. The van der Waals surface area contributed by atoms with E-state index in [4.69, 9.17) is 5.73 Å². The monoisotopic (exact) mass is 233 g/mol. The topological polar surface area (TPSA) is 26.0 Å². The van der Waals surface area contributed by atoms with Gasteiger partial charge in [0.05, 0.1) is 0 Å². The number of hydrogen-bond donors (Lipinski definition) is 1. The Hall–Kier alpha value is -0.670. The normalized spacial score (nSPS) is 17.8. The first-order valence-corrected chi connectivity index (χ1v) is 4.84. The molecule has 0 atom stereocenters. The quantitative estimate of drug-likeness (QED) is 0.835. The van der Waals surface area contributed by atoms with Crippen molar-refractivity contribution in [1.29, 1.82) is 0 Å². The Morgan fingerprint density at radius 1 is 1.20 bits per heavy atom. The summed E-state index contributed by atoms with van der Waals surface area (Å²) >= 11 is 0. The zero-order valence-electron chi connectivity index (χ0n) is 8.30. The highest BCUT2D eigenvalue weighted by molar-refractivity contribution is 5.85. The molecule has 0 aliphatic heterocycles. The van der Waals surface area contributed by atoms with Gasteiger partial charge in [-0.05, 0) is 25.0 Å². The third-order valence-electron chi connectivity index (χ3n) is 3.19. The van der Waals surface area contributed by atoms with Gasteiger partial charge < -0.3 is 5.73 Å². The summed E-state index contributed by atoms with van der Waals surface area (Å²) in [6, 6.07) is 3.99. The third-order valence-corrected chi connectivity index (χ3v) is 3.19. The van der Waals surface area contributed by atoms with Crippen molar-refractivity contribution in [2.24, 2.45) is 5.73 Å². The van der Waals surface area contributed by atoms with Gasteiger partial charge in [0.2, 0.25) is 0 Å². The average Bonchev–Trinajstić information content (AvgIpc) is 2.08. The van der Waals surface area contributed by atoms with Crippen LogP contribution in [0.5, 0.6) is 0 Å². The molecule has 1 fully saturated rings. The van der Waals surface area contributed by atoms with E-state index in [0.29, 0.717) is 6.54 Å². The van der Waals surface area contributed by atoms with Gasteiger partial charge in [-0.2, -0.15) is 0 Å². The van der Waals surface area contributed by atoms with E-state index in [1.54, 1.807) is 0 Å². The van der Waals surface area contributed by atoms with Crippen molar-refractivity contribution in [2.75, 3.05) is 6.54 Å². The molecule has 1 nitrogen and oxygen atoms in total. The zero-order valence-corrected chi connectivity index (χ0v) is 9.12. The molecule has 1 aromatic carbocycles. The van der Waals surface area contributed by atoms with Gasteiger partial charge in [0.1, 0.15) is 11.6 Å². The first-order valence-electron chi connectivity index (χ1n) is 4.84. The Labute approximate surface area is 94.1 Å². The molecule has 0 amide bonds. The average molecular weight is 234 g/mol. The fourth-order valence-electron chi connectivity index (χ4n) is 2.16. The number of rotatable bonds is 2. The van der Waals surface area contributed by atoms with Crippen LogP contribution in [0.4, 0.5) is 8.78 Å². The Morgan fingerprint density at radius 2 is 1.73 bits per heavy atom. The molecule has 1 aliphatic carbocycles. The third kappa shape index (κ3) is 1.86. The molecule has 1 aliphatic rings. The number of halogens is 3. The van der Waals surface area contributed by atoms with Crippen LogP contribution in [-0.4, -0.2) is 6.54 Å². The van der Waals surface area contributed by atoms with Gasteiger partial charge in [-0.25, -0.2) is 8.78 Å². The van der Waals surface area contributed by atoms with Crippen LogP contribution in [0.2, 0.25) is 0 Å². The summed E-state index contributed by atoms with van der Waals surface area (Å²) in [4.78, 5) is 0. The van der Waals surface area contributed by atoms with Gasteiger partial charge in [-0.3, -0.25) is 0 Å². The molecule has 1 saturated carbocycles. The molecule has 0 spiro atoms. The molecule has 1 aromatic rings. The molecule has 2 N–H and O–H groups in total. The van der Waals surface area contributed by atoms with Gasteiger partial charge in [0.15, 0.2) is 0 Å². The molecule has 0 heterocycles. The maximum Gasteiger partial charge on any atom is 0.129 e. The molecule has 2 rings (SSSR count). The lowest BCUT2D eigenvalue weighted by Crippen LogP contribution is -2.43. The van der Waals surface area contributed by atoms with Crippen LogP contribution < -0.4 is 5.73 Å². The molecular formula is C11H14ClF2N. The van der Waals surface area contributed by atoms with Crippen molar-refractivity contribution < 1.29 is 8.78 Å². The van der Waals surface area contributed by atoms with E-state index < -0.39 is 17.0 Å². The summed E-state index contributed by atoms with van der Waals surface area (Å²) in [5.74, 6) is -0.926. The van der Waals surface area contributed by atoms with Crippen LogP contribution in [0.15, 0.2) is 18.2 Å². The lowest BCUT2D eigenvalue weighted by atomic mass is 9.64. The summed E-state index contributed by atoms with van der Waals surface area (Å²) in [5, 5.41) is 0. The van der Waals surface area contributed by atoms with Gasteiger partial charge in [-0.15, -0.1) is 12.4 Å². The molecule has 0 unspecified atom stereocenters. The molecule has 4 heteroatoms. The van der Waals surface area contributed by atoms with Crippen molar-refractivity contribution in [3.63, 3.8) is 0 Å². The van der Waals surface area contributed by atoms with E-state index in [0.717, 1.165) is 19.3 Å². The van der Waals surface area contributed by atoms with E-state index in [1.165, 1.54) is 18.2 Å². The Balaban J connectivity index is 0.00000112. The SMILES string of the molecule is Cl.NCC1(c2c(F)cccc2F)CCC1. The van der Waals surface area contributed by atoms with Crippen molar-refractivity contribution in [1.82, 2.24) is 0 Å². The van der Waals surface area contributed by atoms with Crippen LogP contribution >= 0.6 is 12.4 Å². The minimum absolute atomic E-state index is 0. The molecule has 0 bridgehead atoms. The highest BCUT2D eigenvalue weighted by atomic mass is 35.5. The van der Waals surface area contributed by atoms with Crippen molar-refractivity contribution in [3.05, 3.63) is 35.4 Å². The maximum atomic E-state index is 13.5. The lowest BCUT2D eigenvalue weighted by molar-refractivity contribution is 0.236. The van der Waals surface area contributed by atoms with Crippen LogP contribution in [-0.2, 0) is 5.41 Å². The van der Waals surface area contributed by atoms with Crippen LogP contribution in [0.3, 0.4) is 0 Å².